The average Bonchev–Trinajstić information content (AvgIpc) is 2.67. The molecule has 8 heteroatoms. The Kier molecular flexibility index (Phi) is 5.60. The molecule has 0 aromatic carbocycles. The molecule has 1 unspecified atom stereocenters. The van der Waals surface area contributed by atoms with Crippen LogP contribution in [0.2, 0.25) is 0 Å². The predicted octanol–water partition coefficient (Wildman–Crippen LogP) is 1.42. The third kappa shape index (κ3) is 4.33. The van der Waals surface area contributed by atoms with Crippen molar-refractivity contribution in [1.29, 1.82) is 0 Å². The van der Waals surface area contributed by atoms with Crippen molar-refractivity contribution in [3.05, 3.63) is 30.4 Å². The van der Waals surface area contributed by atoms with E-state index in [1.807, 2.05) is 12.4 Å². The minimum atomic E-state index is 0.421. The van der Waals surface area contributed by atoms with Crippen LogP contribution in [0.4, 0.5) is 11.8 Å². The second-order valence-electron chi connectivity index (χ2n) is 6.13. The normalized spacial score (nSPS) is 18.2. The van der Waals surface area contributed by atoms with Crippen LogP contribution in [-0.4, -0.2) is 64.2 Å². The quantitative estimate of drug-likeness (QED) is 0.844. The summed E-state index contributed by atoms with van der Waals surface area (Å²) in [6.07, 6.45) is 6.96. The Labute approximate surface area is 148 Å². The number of aromatic nitrogens is 4. The Morgan fingerprint density at radius 1 is 1.20 bits per heavy atom. The highest BCUT2D eigenvalue weighted by Crippen LogP contribution is 2.16. The van der Waals surface area contributed by atoms with Crippen molar-refractivity contribution in [3.8, 4) is 5.88 Å². The molecule has 8 nitrogen and oxygen atoms in total. The summed E-state index contributed by atoms with van der Waals surface area (Å²) < 4.78 is 5.07. The van der Waals surface area contributed by atoms with Crippen molar-refractivity contribution in [2.45, 2.75) is 26.4 Å². The van der Waals surface area contributed by atoms with Crippen LogP contribution < -0.4 is 15.0 Å². The Bertz CT molecular complexity index is 679. The highest BCUT2D eigenvalue weighted by molar-refractivity contribution is 5.36. The van der Waals surface area contributed by atoms with Crippen molar-refractivity contribution in [2.75, 3.05) is 43.5 Å². The number of rotatable bonds is 6. The molecule has 1 saturated heterocycles. The third-order valence-corrected chi connectivity index (χ3v) is 4.40. The van der Waals surface area contributed by atoms with E-state index >= 15 is 0 Å². The molecule has 3 rings (SSSR count). The van der Waals surface area contributed by atoms with E-state index in [9.17, 15) is 0 Å². The maximum Gasteiger partial charge on any atom is 0.233 e. The van der Waals surface area contributed by atoms with E-state index in [-0.39, 0.29) is 0 Å². The molecule has 1 aliphatic rings. The number of hydrogen-bond acceptors (Lipinski definition) is 8. The van der Waals surface area contributed by atoms with Crippen molar-refractivity contribution < 1.29 is 4.74 Å². The lowest BCUT2D eigenvalue weighted by Gasteiger charge is -2.39. The SMILES string of the molecule is CCN1CCN(c2ncc(CNc3cncc(OC)n3)cn2)C(C)C1. The van der Waals surface area contributed by atoms with Gasteiger partial charge in [-0.15, -0.1) is 0 Å². The third-order valence-electron chi connectivity index (χ3n) is 4.40. The van der Waals surface area contributed by atoms with Gasteiger partial charge in [0.1, 0.15) is 5.82 Å². The maximum absolute atomic E-state index is 5.07. The van der Waals surface area contributed by atoms with Gasteiger partial charge in [0, 0.05) is 50.2 Å². The highest BCUT2D eigenvalue weighted by atomic mass is 16.5. The number of nitrogens with one attached hydrogen (secondary N) is 1. The van der Waals surface area contributed by atoms with Crippen molar-refractivity contribution in [1.82, 2.24) is 24.8 Å². The van der Waals surface area contributed by atoms with Crippen LogP contribution in [-0.2, 0) is 6.54 Å². The first-order valence-corrected chi connectivity index (χ1v) is 8.59. The van der Waals surface area contributed by atoms with E-state index in [4.69, 9.17) is 4.74 Å². The van der Waals surface area contributed by atoms with E-state index in [1.165, 1.54) is 0 Å². The molecule has 0 bridgehead atoms. The molecule has 2 aromatic heterocycles. The van der Waals surface area contributed by atoms with Crippen molar-refractivity contribution in [3.63, 3.8) is 0 Å². The molecule has 0 radical (unpaired) electrons. The lowest BCUT2D eigenvalue weighted by Crippen LogP contribution is -2.52. The lowest BCUT2D eigenvalue weighted by atomic mass is 10.2. The summed E-state index contributed by atoms with van der Waals surface area (Å²) in [5.74, 6) is 1.94. The number of hydrogen-bond donors (Lipinski definition) is 1. The number of ether oxygens (including phenoxy) is 1. The molecule has 134 valence electrons. The monoisotopic (exact) mass is 343 g/mol. The van der Waals surface area contributed by atoms with Gasteiger partial charge in [-0.1, -0.05) is 6.92 Å². The summed E-state index contributed by atoms with van der Waals surface area (Å²) in [5, 5.41) is 3.20. The molecule has 1 aliphatic heterocycles. The summed E-state index contributed by atoms with van der Waals surface area (Å²) in [5.41, 5.74) is 0.994. The van der Waals surface area contributed by atoms with Gasteiger partial charge >= 0.3 is 0 Å². The second kappa shape index (κ2) is 8.06. The topological polar surface area (TPSA) is 79.3 Å². The molecule has 0 amide bonds. The smallest absolute Gasteiger partial charge is 0.233 e. The number of likely N-dealkylation sites (N-methyl/N-ethyl adjacent to an activating group) is 1. The van der Waals surface area contributed by atoms with E-state index in [0.717, 1.165) is 37.7 Å². The first kappa shape index (κ1) is 17.3. The van der Waals surface area contributed by atoms with Gasteiger partial charge in [0.15, 0.2) is 0 Å². The van der Waals surface area contributed by atoms with Crippen molar-refractivity contribution >= 4 is 11.8 Å². The fourth-order valence-corrected chi connectivity index (χ4v) is 2.93. The lowest BCUT2D eigenvalue weighted by molar-refractivity contribution is 0.238. The van der Waals surface area contributed by atoms with E-state index < -0.39 is 0 Å². The molecular formula is C17H25N7O. The van der Waals surface area contributed by atoms with Crippen molar-refractivity contribution in [2.24, 2.45) is 0 Å². The van der Waals surface area contributed by atoms with E-state index in [0.29, 0.717) is 24.3 Å². The molecular weight excluding hydrogens is 318 g/mol. The van der Waals surface area contributed by atoms with Crippen LogP contribution in [0.15, 0.2) is 24.8 Å². The average molecular weight is 343 g/mol. The minimum absolute atomic E-state index is 0.421. The zero-order valence-electron chi connectivity index (χ0n) is 15.0. The zero-order chi connectivity index (χ0) is 17.6. The van der Waals surface area contributed by atoms with Crippen LogP contribution in [0, 0.1) is 0 Å². The Balaban J connectivity index is 1.58. The molecule has 3 heterocycles. The summed E-state index contributed by atoms with van der Waals surface area (Å²) in [6, 6.07) is 0.421. The largest absolute Gasteiger partial charge is 0.480 e. The number of piperazine rings is 1. The van der Waals surface area contributed by atoms with Gasteiger partial charge in [-0.05, 0) is 13.5 Å². The second-order valence-corrected chi connectivity index (χ2v) is 6.13. The minimum Gasteiger partial charge on any atom is -0.480 e. The number of anilines is 2. The molecule has 0 spiro atoms. The first-order valence-electron chi connectivity index (χ1n) is 8.59. The van der Waals surface area contributed by atoms with Gasteiger partial charge in [0.05, 0.1) is 19.5 Å². The Hall–Kier alpha value is -2.48. The van der Waals surface area contributed by atoms with Crippen LogP contribution in [0.5, 0.6) is 5.88 Å². The Morgan fingerprint density at radius 3 is 2.68 bits per heavy atom. The molecule has 1 atom stereocenters. The van der Waals surface area contributed by atoms with Gasteiger partial charge < -0.3 is 15.0 Å². The molecule has 1 fully saturated rings. The summed E-state index contributed by atoms with van der Waals surface area (Å²) in [4.78, 5) is 22.2. The van der Waals surface area contributed by atoms with Crippen LogP contribution in [0.1, 0.15) is 19.4 Å². The number of nitrogens with zero attached hydrogens (tertiary/aromatic N) is 6. The summed E-state index contributed by atoms with van der Waals surface area (Å²) >= 11 is 0. The predicted molar refractivity (Wildman–Crippen MR) is 96.9 cm³/mol. The zero-order valence-corrected chi connectivity index (χ0v) is 15.0. The van der Waals surface area contributed by atoms with Crippen LogP contribution in [0.25, 0.3) is 0 Å². The summed E-state index contributed by atoms with van der Waals surface area (Å²) in [7, 11) is 1.57. The Morgan fingerprint density at radius 2 is 2.00 bits per heavy atom. The molecule has 25 heavy (non-hydrogen) atoms. The van der Waals surface area contributed by atoms with E-state index in [1.54, 1.807) is 19.5 Å². The molecule has 0 aliphatic carbocycles. The molecule has 1 N–H and O–H groups in total. The summed E-state index contributed by atoms with van der Waals surface area (Å²) in [6.45, 7) is 9.18. The fourth-order valence-electron chi connectivity index (χ4n) is 2.93. The highest BCUT2D eigenvalue weighted by Gasteiger charge is 2.24. The standard InChI is InChI=1S/C17H25N7O/c1-4-23-5-6-24(13(2)12-23)17-20-8-14(9-21-17)7-19-15-10-18-11-16(22-15)25-3/h8-11,13H,4-7,12H2,1-3H3,(H,19,22). The number of methoxy groups -OCH3 is 1. The van der Waals surface area contributed by atoms with Gasteiger partial charge in [-0.2, -0.15) is 4.98 Å². The van der Waals surface area contributed by atoms with Gasteiger partial charge in [0.25, 0.3) is 0 Å². The van der Waals surface area contributed by atoms with Crippen LogP contribution in [0.3, 0.4) is 0 Å². The first-order chi connectivity index (χ1) is 12.2. The van der Waals surface area contributed by atoms with Gasteiger partial charge in [0.2, 0.25) is 11.8 Å². The molecule has 0 saturated carbocycles. The molecule has 2 aromatic rings. The van der Waals surface area contributed by atoms with E-state index in [2.05, 4.69) is 48.9 Å². The maximum atomic E-state index is 5.07. The van der Waals surface area contributed by atoms with Crippen LogP contribution >= 0.6 is 0 Å². The van der Waals surface area contributed by atoms with Gasteiger partial charge in [-0.3, -0.25) is 9.88 Å². The van der Waals surface area contributed by atoms with Gasteiger partial charge in [-0.25, -0.2) is 9.97 Å². The fraction of sp³-hybridized carbons (Fsp3) is 0.529.